The molecule has 0 heterocycles. The Morgan fingerprint density at radius 2 is 1.69 bits per heavy atom. The molecule has 0 aromatic heterocycles. The van der Waals surface area contributed by atoms with E-state index in [2.05, 4.69) is 10.6 Å². The third kappa shape index (κ3) is 6.53. The van der Waals surface area contributed by atoms with Gasteiger partial charge in [0.05, 0.1) is 10.6 Å². The number of carbonyl (C=O) groups excluding carboxylic acids is 1. The number of thiocarbonyl (C=S) groups is 1. The van der Waals surface area contributed by atoms with Crippen molar-refractivity contribution >= 4 is 44.6 Å². The number of amides is 1. The Morgan fingerprint density at radius 3 is 2.31 bits per heavy atom. The second-order valence-electron chi connectivity index (χ2n) is 8.07. The molecule has 0 bridgehead atoms. The van der Waals surface area contributed by atoms with Gasteiger partial charge in [-0.1, -0.05) is 50.3 Å². The number of rotatable bonds is 8. The molecule has 1 fully saturated rings. The lowest BCUT2D eigenvalue weighted by Gasteiger charge is -2.23. The summed E-state index contributed by atoms with van der Waals surface area (Å²) in [6.07, 6.45) is 7.63. The topological polar surface area (TPSA) is 78.5 Å². The van der Waals surface area contributed by atoms with Crippen LogP contribution < -0.4 is 14.9 Å². The van der Waals surface area contributed by atoms with Gasteiger partial charge in [-0.2, -0.15) is 0 Å². The molecule has 6 nitrogen and oxygen atoms in total. The van der Waals surface area contributed by atoms with Gasteiger partial charge in [-0.05, 0) is 67.9 Å². The first-order chi connectivity index (χ1) is 15.4. The lowest BCUT2D eigenvalue weighted by atomic mass is 9.86. The van der Waals surface area contributed by atoms with Gasteiger partial charge in [-0.3, -0.25) is 9.10 Å². The molecule has 0 saturated heterocycles. The first-order valence-electron chi connectivity index (χ1n) is 11.2. The molecule has 1 aliphatic carbocycles. The highest BCUT2D eigenvalue weighted by Crippen LogP contribution is 2.27. The lowest BCUT2D eigenvalue weighted by molar-refractivity contribution is -0.120. The molecule has 2 aromatic carbocycles. The molecular formula is C24H31N3O3S2. The Hall–Kier alpha value is -2.45. The number of nitrogens with zero attached hydrogens (tertiary/aromatic N) is 1. The monoisotopic (exact) mass is 473 g/mol. The average molecular weight is 474 g/mol. The van der Waals surface area contributed by atoms with E-state index in [-0.39, 0.29) is 15.9 Å². The molecular weight excluding hydrogens is 442 g/mol. The van der Waals surface area contributed by atoms with Crippen LogP contribution in [0.4, 0.5) is 11.4 Å². The number of para-hydroxylation sites is 1. The molecule has 2 N–H and O–H groups in total. The minimum absolute atomic E-state index is 0.0891. The van der Waals surface area contributed by atoms with Crippen LogP contribution in [0.25, 0.3) is 0 Å². The Bertz CT molecular complexity index is 1000. The summed E-state index contributed by atoms with van der Waals surface area (Å²) in [6, 6.07) is 15.4. The number of benzene rings is 2. The smallest absolute Gasteiger partial charge is 0.264 e. The Labute approximate surface area is 196 Å². The van der Waals surface area contributed by atoms with Gasteiger partial charge in [-0.25, -0.2) is 8.42 Å². The van der Waals surface area contributed by atoms with Crippen molar-refractivity contribution in [3.8, 4) is 0 Å². The maximum Gasteiger partial charge on any atom is 0.264 e. The zero-order valence-corrected chi connectivity index (χ0v) is 20.1. The summed E-state index contributed by atoms with van der Waals surface area (Å²) in [5.41, 5.74) is 1.23. The molecule has 0 spiro atoms. The van der Waals surface area contributed by atoms with Crippen molar-refractivity contribution < 1.29 is 13.2 Å². The fourth-order valence-corrected chi connectivity index (χ4v) is 5.79. The molecule has 0 atom stereocenters. The second-order valence-corrected chi connectivity index (χ2v) is 10.3. The van der Waals surface area contributed by atoms with Gasteiger partial charge >= 0.3 is 0 Å². The van der Waals surface area contributed by atoms with E-state index >= 15 is 0 Å². The fourth-order valence-electron chi connectivity index (χ4n) is 4.09. The maximum absolute atomic E-state index is 13.1. The minimum atomic E-state index is -3.68. The van der Waals surface area contributed by atoms with Crippen LogP contribution >= 0.6 is 12.2 Å². The van der Waals surface area contributed by atoms with E-state index in [4.69, 9.17) is 12.2 Å². The van der Waals surface area contributed by atoms with E-state index in [0.717, 1.165) is 6.42 Å². The van der Waals surface area contributed by atoms with Crippen LogP contribution in [-0.2, 0) is 14.8 Å². The Morgan fingerprint density at radius 1 is 1.03 bits per heavy atom. The van der Waals surface area contributed by atoms with Crippen molar-refractivity contribution in [2.75, 3.05) is 16.2 Å². The first-order valence-corrected chi connectivity index (χ1v) is 13.0. The molecule has 1 saturated carbocycles. The van der Waals surface area contributed by atoms with Gasteiger partial charge in [0.2, 0.25) is 5.91 Å². The highest BCUT2D eigenvalue weighted by Gasteiger charge is 2.23. The van der Waals surface area contributed by atoms with Gasteiger partial charge in [0.1, 0.15) is 0 Å². The molecule has 32 heavy (non-hydrogen) atoms. The second kappa shape index (κ2) is 11.4. The van der Waals surface area contributed by atoms with Crippen molar-refractivity contribution in [1.82, 2.24) is 5.32 Å². The average Bonchev–Trinajstić information content (AvgIpc) is 2.80. The van der Waals surface area contributed by atoms with E-state index in [1.54, 1.807) is 31.2 Å². The quantitative estimate of drug-likeness (QED) is 0.523. The number of nitrogens with one attached hydrogen (secondary N) is 2. The van der Waals surface area contributed by atoms with Crippen LogP contribution in [0.5, 0.6) is 0 Å². The summed E-state index contributed by atoms with van der Waals surface area (Å²) in [6.45, 7) is 2.12. The van der Waals surface area contributed by atoms with Crippen LogP contribution in [0.1, 0.15) is 51.9 Å². The van der Waals surface area contributed by atoms with E-state index in [9.17, 15) is 13.2 Å². The number of anilines is 2. The van der Waals surface area contributed by atoms with Crippen LogP contribution in [-0.4, -0.2) is 26.0 Å². The molecule has 1 amide bonds. The third-order valence-corrected chi connectivity index (χ3v) is 7.91. The zero-order chi connectivity index (χ0) is 23.0. The summed E-state index contributed by atoms with van der Waals surface area (Å²) in [5.74, 6) is 0.554. The molecule has 0 radical (unpaired) electrons. The number of sulfonamides is 1. The largest absolute Gasteiger partial charge is 0.332 e. The third-order valence-electron chi connectivity index (χ3n) is 5.79. The molecule has 8 heteroatoms. The van der Waals surface area contributed by atoms with Gasteiger partial charge in [0.25, 0.3) is 10.0 Å². The van der Waals surface area contributed by atoms with E-state index < -0.39 is 10.0 Å². The van der Waals surface area contributed by atoms with Crippen LogP contribution in [0, 0.1) is 5.92 Å². The molecule has 3 rings (SSSR count). The molecule has 0 aliphatic heterocycles. The summed E-state index contributed by atoms with van der Waals surface area (Å²) < 4.78 is 27.5. The van der Waals surface area contributed by atoms with Gasteiger partial charge in [-0.15, -0.1) is 0 Å². The normalized spacial score (nSPS) is 14.5. The van der Waals surface area contributed by atoms with Gasteiger partial charge in [0, 0.05) is 18.7 Å². The molecule has 2 aromatic rings. The summed E-state index contributed by atoms with van der Waals surface area (Å²) in [4.78, 5) is 12.4. The Kier molecular flexibility index (Phi) is 8.64. The summed E-state index contributed by atoms with van der Waals surface area (Å²) in [5, 5.41) is 5.89. The van der Waals surface area contributed by atoms with Gasteiger partial charge in [0.15, 0.2) is 5.11 Å². The highest BCUT2D eigenvalue weighted by atomic mass is 32.2. The predicted molar refractivity (Wildman–Crippen MR) is 133 cm³/mol. The van der Waals surface area contributed by atoms with Crippen molar-refractivity contribution in [2.45, 2.75) is 56.8 Å². The van der Waals surface area contributed by atoms with Crippen LogP contribution in [0.3, 0.4) is 0 Å². The van der Waals surface area contributed by atoms with Crippen molar-refractivity contribution in [1.29, 1.82) is 0 Å². The summed E-state index contributed by atoms with van der Waals surface area (Å²) in [7, 11) is -3.68. The van der Waals surface area contributed by atoms with Crippen molar-refractivity contribution in [2.24, 2.45) is 5.92 Å². The minimum Gasteiger partial charge on any atom is -0.332 e. The van der Waals surface area contributed by atoms with E-state index in [1.165, 1.54) is 48.5 Å². The van der Waals surface area contributed by atoms with Crippen LogP contribution in [0.15, 0.2) is 59.5 Å². The van der Waals surface area contributed by atoms with Crippen LogP contribution in [0.2, 0.25) is 0 Å². The Balaban J connectivity index is 1.55. The maximum atomic E-state index is 13.1. The molecule has 172 valence electrons. The summed E-state index contributed by atoms with van der Waals surface area (Å²) >= 11 is 5.24. The molecule has 0 unspecified atom stereocenters. The van der Waals surface area contributed by atoms with Gasteiger partial charge < -0.3 is 10.6 Å². The highest BCUT2D eigenvalue weighted by molar-refractivity contribution is 7.92. The van der Waals surface area contributed by atoms with E-state index in [1.807, 2.05) is 18.2 Å². The van der Waals surface area contributed by atoms with Crippen molar-refractivity contribution in [3.05, 3.63) is 54.6 Å². The fraction of sp³-hybridized carbons (Fsp3) is 0.417. The molecule has 1 aliphatic rings. The predicted octanol–water partition coefficient (Wildman–Crippen LogP) is 5.08. The standard InChI is InChI=1S/C24H31N3O3S2/c1-2-27(21-11-7-4-8-12-21)32(29,30)22-16-14-20(15-17-22)25-24(31)26-23(28)18-13-19-9-5-3-6-10-19/h4,7-8,11-12,14-17,19H,2-3,5-6,9-10,13,18H2,1H3,(H2,25,26,28,31). The number of hydrogen-bond donors (Lipinski definition) is 2. The van der Waals surface area contributed by atoms with Crippen molar-refractivity contribution in [3.63, 3.8) is 0 Å². The van der Waals surface area contributed by atoms with E-state index in [0.29, 0.717) is 30.3 Å². The SMILES string of the molecule is CCN(c1ccccc1)S(=O)(=O)c1ccc(NC(=S)NC(=O)CCC2CCCCC2)cc1. The number of hydrogen-bond acceptors (Lipinski definition) is 4. The first kappa shape index (κ1) is 24.2. The number of carbonyl (C=O) groups is 1. The zero-order valence-electron chi connectivity index (χ0n) is 18.4. The lowest BCUT2D eigenvalue weighted by Crippen LogP contribution is -2.34.